The van der Waals surface area contributed by atoms with Crippen LogP contribution in [0.25, 0.3) is 16.9 Å². The van der Waals surface area contributed by atoms with Gasteiger partial charge in [0, 0.05) is 38.8 Å². The van der Waals surface area contributed by atoms with Crippen LogP contribution >= 0.6 is 0 Å². The molecule has 180 valence electrons. The monoisotopic (exact) mass is 473 g/mol. The lowest BCUT2D eigenvalue weighted by atomic mass is 10.1. The molecule has 0 spiro atoms. The predicted octanol–water partition coefficient (Wildman–Crippen LogP) is 3.00. The van der Waals surface area contributed by atoms with Gasteiger partial charge in [0.15, 0.2) is 5.82 Å². The van der Waals surface area contributed by atoms with Crippen molar-refractivity contribution in [2.24, 2.45) is 5.92 Å². The van der Waals surface area contributed by atoms with E-state index in [9.17, 15) is 18.7 Å². The van der Waals surface area contributed by atoms with Gasteiger partial charge in [0.25, 0.3) is 6.43 Å². The Morgan fingerprint density at radius 2 is 1.91 bits per heavy atom. The van der Waals surface area contributed by atoms with Crippen LogP contribution in [0.1, 0.15) is 18.7 Å². The number of carbonyl (C=O) groups is 1. The molecule has 2 N–H and O–H groups in total. The molecule has 0 radical (unpaired) electrons. The quantitative estimate of drug-likeness (QED) is 0.563. The Labute approximate surface area is 194 Å². The standard InChI is InChI=1S/C22H25F2N7O3/c23-19(24)20-26-15-3-1-2-4-16(15)31(20)18-11-17(29-7-9-34-10-8-29)27-21(28-18)25-12-14-5-6-30(13-14)22(32)33/h1-4,11,14,19H,5-10,12-13H2,(H,32,33)(H,25,27,28)/t14-/m1/s1. The first-order chi connectivity index (χ1) is 16.5. The molecular weight excluding hydrogens is 448 g/mol. The summed E-state index contributed by atoms with van der Waals surface area (Å²) in [5, 5.41) is 12.4. The molecule has 1 aromatic carbocycles. The Morgan fingerprint density at radius 3 is 2.65 bits per heavy atom. The summed E-state index contributed by atoms with van der Waals surface area (Å²) in [4.78, 5) is 27.9. The number of aromatic nitrogens is 4. The SMILES string of the molecule is O=C(O)N1CC[C@H](CNc2nc(N3CCOCC3)cc(-n3c(C(F)F)nc4ccccc43)n2)C1. The van der Waals surface area contributed by atoms with E-state index in [-0.39, 0.29) is 11.7 Å². The number of amides is 1. The van der Waals surface area contributed by atoms with E-state index in [0.29, 0.717) is 74.6 Å². The summed E-state index contributed by atoms with van der Waals surface area (Å²) in [5.41, 5.74) is 0.988. The highest BCUT2D eigenvalue weighted by molar-refractivity contribution is 5.78. The number of imidazole rings is 1. The van der Waals surface area contributed by atoms with Gasteiger partial charge in [-0.15, -0.1) is 0 Å². The lowest BCUT2D eigenvalue weighted by molar-refractivity contribution is 0.122. The smallest absolute Gasteiger partial charge is 0.407 e. The van der Waals surface area contributed by atoms with E-state index in [1.165, 1.54) is 9.47 Å². The summed E-state index contributed by atoms with van der Waals surface area (Å²) >= 11 is 0. The van der Waals surface area contributed by atoms with Gasteiger partial charge in [-0.1, -0.05) is 12.1 Å². The van der Waals surface area contributed by atoms with Crippen LogP contribution < -0.4 is 10.2 Å². The highest BCUT2D eigenvalue weighted by Crippen LogP contribution is 2.29. The van der Waals surface area contributed by atoms with Crippen molar-refractivity contribution in [3.8, 4) is 5.82 Å². The number of fused-ring (bicyclic) bond motifs is 1. The Hall–Kier alpha value is -3.54. The molecule has 0 bridgehead atoms. The second kappa shape index (κ2) is 9.37. The second-order valence-corrected chi connectivity index (χ2v) is 8.37. The normalized spacial score (nSPS) is 18.7. The molecule has 34 heavy (non-hydrogen) atoms. The van der Waals surface area contributed by atoms with Crippen LogP contribution in [0, 0.1) is 5.92 Å². The lowest BCUT2D eigenvalue weighted by Gasteiger charge is -2.28. The van der Waals surface area contributed by atoms with E-state index in [2.05, 4.69) is 20.3 Å². The van der Waals surface area contributed by atoms with Crippen molar-refractivity contribution in [2.75, 3.05) is 56.2 Å². The first-order valence-electron chi connectivity index (χ1n) is 11.2. The zero-order valence-corrected chi connectivity index (χ0v) is 18.4. The zero-order valence-electron chi connectivity index (χ0n) is 18.4. The molecule has 2 aliphatic heterocycles. The Kier molecular flexibility index (Phi) is 6.14. The molecule has 0 aliphatic carbocycles. The number of hydrogen-bond donors (Lipinski definition) is 2. The molecule has 2 aliphatic rings. The van der Waals surface area contributed by atoms with E-state index in [1.54, 1.807) is 30.3 Å². The van der Waals surface area contributed by atoms with Crippen LogP contribution in [-0.2, 0) is 4.74 Å². The van der Waals surface area contributed by atoms with Gasteiger partial charge in [-0.05, 0) is 24.5 Å². The van der Waals surface area contributed by atoms with Crippen LogP contribution in [0.4, 0.5) is 25.3 Å². The second-order valence-electron chi connectivity index (χ2n) is 8.37. The molecule has 2 saturated heterocycles. The van der Waals surface area contributed by atoms with Gasteiger partial charge in [-0.2, -0.15) is 9.97 Å². The summed E-state index contributed by atoms with van der Waals surface area (Å²) in [6.07, 6.45) is -2.98. The summed E-state index contributed by atoms with van der Waals surface area (Å²) in [7, 11) is 0. The van der Waals surface area contributed by atoms with E-state index in [1.807, 2.05) is 4.90 Å². The fourth-order valence-electron chi connectivity index (χ4n) is 4.41. The minimum absolute atomic E-state index is 0.112. The van der Waals surface area contributed by atoms with E-state index in [4.69, 9.17) is 4.74 Å². The van der Waals surface area contributed by atoms with Crippen molar-refractivity contribution in [1.29, 1.82) is 0 Å². The number of para-hydroxylation sites is 2. The third-order valence-corrected chi connectivity index (χ3v) is 6.15. The molecule has 3 aromatic rings. The Balaban J connectivity index is 1.50. The number of anilines is 2. The number of likely N-dealkylation sites (tertiary alicyclic amines) is 1. The molecule has 12 heteroatoms. The van der Waals surface area contributed by atoms with Crippen LogP contribution in [-0.4, -0.2) is 81.6 Å². The Bertz CT molecular complexity index is 1180. The number of alkyl halides is 2. The number of carboxylic acid groups (broad SMARTS) is 1. The van der Waals surface area contributed by atoms with Gasteiger partial charge >= 0.3 is 6.09 Å². The van der Waals surface area contributed by atoms with Gasteiger partial charge in [0.1, 0.15) is 11.6 Å². The molecule has 1 amide bonds. The van der Waals surface area contributed by atoms with Crippen LogP contribution in [0.2, 0.25) is 0 Å². The van der Waals surface area contributed by atoms with Gasteiger partial charge in [-0.25, -0.2) is 18.6 Å². The molecular formula is C22H25F2N7O3. The molecule has 1 atom stereocenters. The van der Waals surface area contributed by atoms with Gasteiger partial charge in [0.2, 0.25) is 5.95 Å². The summed E-state index contributed by atoms with van der Waals surface area (Å²) < 4.78 is 34.7. The average molecular weight is 473 g/mol. The van der Waals surface area contributed by atoms with E-state index < -0.39 is 12.5 Å². The van der Waals surface area contributed by atoms with Crippen LogP contribution in [0.3, 0.4) is 0 Å². The minimum Gasteiger partial charge on any atom is -0.465 e. The highest BCUT2D eigenvalue weighted by Gasteiger charge is 2.27. The number of morpholine rings is 1. The Morgan fingerprint density at radius 1 is 1.15 bits per heavy atom. The zero-order chi connectivity index (χ0) is 23.7. The molecule has 10 nitrogen and oxygen atoms in total. The fraction of sp³-hybridized carbons (Fsp3) is 0.455. The lowest BCUT2D eigenvalue weighted by Crippen LogP contribution is -2.37. The van der Waals surface area contributed by atoms with Gasteiger partial charge in [0.05, 0.1) is 24.2 Å². The average Bonchev–Trinajstić information content (AvgIpc) is 3.48. The summed E-state index contributed by atoms with van der Waals surface area (Å²) in [6, 6.07) is 8.64. The maximum atomic E-state index is 13.9. The number of halogens is 2. The van der Waals surface area contributed by atoms with Gasteiger partial charge in [-0.3, -0.25) is 4.57 Å². The van der Waals surface area contributed by atoms with Gasteiger partial charge < -0.3 is 25.0 Å². The number of hydrogen-bond acceptors (Lipinski definition) is 7. The number of ether oxygens (including phenoxy) is 1. The molecule has 5 rings (SSSR count). The number of rotatable bonds is 6. The maximum Gasteiger partial charge on any atom is 0.407 e. The summed E-state index contributed by atoms with van der Waals surface area (Å²) in [6.45, 7) is 3.73. The largest absolute Gasteiger partial charge is 0.465 e. The first kappa shape index (κ1) is 22.3. The van der Waals surface area contributed by atoms with E-state index in [0.717, 1.165) is 6.42 Å². The molecule has 0 unspecified atom stereocenters. The third-order valence-electron chi connectivity index (χ3n) is 6.15. The molecule has 4 heterocycles. The number of benzene rings is 1. The van der Waals surface area contributed by atoms with Crippen LogP contribution in [0.5, 0.6) is 0 Å². The van der Waals surface area contributed by atoms with Crippen molar-refractivity contribution in [3.63, 3.8) is 0 Å². The van der Waals surface area contributed by atoms with Crippen molar-refractivity contribution in [2.45, 2.75) is 12.8 Å². The molecule has 2 aromatic heterocycles. The number of nitrogens with one attached hydrogen (secondary N) is 1. The fourth-order valence-corrected chi connectivity index (χ4v) is 4.41. The highest BCUT2D eigenvalue weighted by atomic mass is 19.3. The number of nitrogens with zero attached hydrogens (tertiary/aromatic N) is 6. The predicted molar refractivity (Wildman–Crippen MR) is 121 cm³/mol. The van der Waals surface area contributed by atoms with E-state index >= 15 is 0 Å². The first-order valence-corrected chi connectivity index (χ1v) is 11.2. The minimum atomic E-state index is -2.79. The van der Waals surface area contributed by atoms with Crippen molar-refractivity contribution in [1.82, 2.24) is 24.4 Å². The molecule has 2 fully saturated rings. The van der Waals surface area contributed by atoms with Crippen molar-refractivity contribution in [3.05, 3.63) is 36.2 Å². The summed E-state index contributed by atoms with van der Waals surface area (Å²) in [5.74, 6) is 0.923. The third kappa shape index (κ3) is 4.45. The van der Waals surface area contributed by atoms with Crippen molar-refractivity contribution >= 4 is 28.9 Å². The topological polar surface area (TPSA) is 109 Å². The van der Waals surface area contributed by atoms with Crippen LogP contribution in [0.15, 0.2) is 30.3 Å². The maximum absolute atomic E-state index is 13.9. The van der Waals surface area contributed by atoms with Crippen molar-refractivity contribution < 1.29 is 23.4 Å². The molecule has 0 saturated carbocycles.